The molecule has 4 rings (SSSR count). The summed E-state index contributed by atoms with van der Waals surface area (Å²) in [5.74, 6) is -0.138. The molecule has 2 heterocycles. The van der Waals surface area contributed by atoms with Gasteiger partial charge in [-0.05, 0) is 59.5 Å². The fraction of sp³-hybridized carbons (Fsp3) is 0. The van der Waals surface area contributed by atoms with Crippen LogP contribution in [0.1, 0.15) is 15.2 Å². The van der Waals surface area contributed by atoms with Crippen LogP contribution in [0.2, 0.25) is 5.02 Å². The van der Waals surface area contributed by atoms with Gasteiger partial charge in [0, 0.05) is 5.02 Å². The number of ether oxygens (including phenoxy) is 1. The van der Waals surface area contributed by atoms with Gasteiger partial charge in [-0.15, -0.1) is 11.3 Å². The van der Waals surface area contributed by atoms with Gasteiger partial charge >= 0.3 is 5.97 Å². The number of thioether (sulfide) groups is 1. The van der Waals surface area contributed by atoms with Crippen molar-refractivity contribution in [3.63, 3.8) is 0 Å². The van der Waals surface area contributed by atoms with Crippen molar-refractivity contribution in [2.45, 2.75) is 0 Å². The highest BCUT2D eigenvalue weighted by molar-refractivity contribution is 8.27. The Morgan fingerprint density at radius 2 is 1.79 bits per heavy atom. The first kappa shape index (κ1) is 19.8. The molecule has 1 fully saturated rings. The van der Waals surface area contributed by atoms with Crippen molar-refractivity contribution >= 4 is 74.9 Å². The molecule has 0 aliphatic carbocycles. The maximum atomic E-state index is 12.8. The van der Waals surface area contributed by atoms with E-state index in [9.17, 15) is 9.59 Å². The molecule has 2 aromatic carbocycles. The second-order valence-corrected chi connectivity index (χ2v) is 8.99. The Morgan fingerprint density at radius 3 is 2.45 bits per heavy atom. The van der Waals surface area contributed by atoms with E-state index < -0.39 is 5.97 Å². The Hall–Kier alpha value is -2.45. The molecule has 8 heteroatoms. The topological polar surface area (TPSA) is 46.6 Å². The van der Waals surface area contributed by atoms with Crippen molar-refractivity contribution in [3.05, 3.63) is 86.4 Å². The molecule has 1 saturated heterocycles. The number of rotatable bonds is 4. The van der Waals surface area contributed by atoms with Gasteiger partial charge in [0.05, 0.1) is 10.6 Å². The van der Waals surface area contributed by atoms with Gasteiger partial charge in [0.2, 0.25) is 0 Å². The molecule has 4 nitrogen and oxygen atoms in total. The van der Waals surface area contributed by atoms with Crippen LogP contribution in [0, 0.1) is 0 Å². The van der Waals surface area contributed by atoms with Crippen molar-refractivity contribution in [2.75, 3.05) is 4.90 Å². The van der Waals surface area contributed by atoms with Gasteiger partial charge in [-0.25, -0.2) is 4.79 Å². The first-order valence-corrected chi connectivity index (χ1v) is 10.9. The number of thiophene rings is 1. The Labute approximate surface area is 185 Å². The van der Waals surface area contributed by atoms with Crippen LogP contribution in [0.4, 0.5) is 5.69 Å². The summed E-state index contributed by atoms with van der Waals surface area (Å²) in [6.07, 6.45) is 1.76. The Morgan fingerprint density at radius 1 is 1.07 bits per heavy atom. The lowest BCUT2D eigenvalue weighted by molar-refractivity contribution is -0.113. The van der Waals surface area contributed by atoms with Crippen molar-refractivity contribution in [3.8, 4) is 5.75 Å². The van der Waals surface area contributed by atoms with Crippen LogP contribution in [0.5, 0.6) is 5.75 Å². The van der Waals surface area contributed by atoms with E-state index >= 15 is 0 Å². The van der Waals surface area contributed by atoms with E-state index in [1.54, 1.807) is 66.7 Å². The summed E-state index contributed by atoms with van der Waals surface area (Å²) in [7, 11) is 0. The van der Waals surface area contributed by atoms with E-state index in [2.05, 4.69) is 0 Å². The van der Waals surface area contributed by atoms with Crippen LogP contribution in [-0.2, 0) is 4.79 Å². The first-order valence-electron chi connectivity index (χ1n) is 8.40. The molecule has 144 valence electrons. The summed E-state index contributed by atoms with van der Waals surface area (Å²) in [5, 5.41) is 2.41. The highest BCUT2D eigenvalue weighted by atomic mass is 35.5. The zero-order chi connectivity index (χ0) is 20.4. The maximum absolute atomic E-state index is 12.8. The predicted molar refractivity (Wildman–Crippen MR) is 123 cm³/mol. The third-order valence-corrected chi connectivity index (χ3v) is 6.39. The Kier molecular flexibility index (Phi) is 5.82. The van der Waals surface area contributed by atoms with E-state index in [4.69, 9.17) is 28.6 Å². The molecule has 1 amide bonds. The Bertz CT molecular complexity index is 1110. The van der Waals surface area contributed by atoms with Gasteiger partial charge < -0.3 is 4.74 Å². The minimum atomic E-state index is -0.392. The number of carbonyl (C=O) groups excluding carboxylic acids is 2. The first-order chi connectivity index (χ1) is 14.0. The molecule has 0 saturated carbocycles. The average molecular weight is 458 g/mol. The monoisotopic (exact) mass is 457 g/mol. The third-order valence-electron chi connectivity index (χ3n) is 3.99. The SMILES string of the molecule is O=C(Oc1ccc(C=C2SC(=S)N(c3ccc(Cl)cc3)C2=O)cc1)c1cccs1. The van der Waals surface area contributed by atoms with E-state index in [0.29, 0.717) is 30.6 Å². The van der Waals surface area contributed by atoms with Crippen LogP contribution in [0.3, 0.4) is 0 Å². The summed E-state index contributed by atoms with van der Waals surface area (Å²) in [5.41, 5.74) is 1.48. The highest BCUT2D eigenvalue weighted by Crippen LogP contribution is 2.36. The van der Waals surface area contributed by atoms with E-state index in [-0.39, 0.29) is 5.91 Å². The molecule has 0 N–H and O–H groups in total. The predicted octanol–water partition coefficient (Wildman–Crippen LogP) is 6.03. The molecule has 0 unspecified atom stereocenters. The molecule has 3 aromatic rings. The largest absolute Gasteiger partial charge is 0.422 e. The fourth-order valence-electron chi connectivity index (χ4n) is 2.62. The van der Waals surface area contributed by atoms with Crippen molar-refractivity contribution in [1.29, 1.82) is 0 Å². The van der Waals surface area contributed by atoms with Crippen LogP contribution in [0.25, 0.3) is 6.08 Å². The van der Waals surface area contributed by atoms with Gasteiger partial charge in [-0.2, -0.15) is 0 Å². The lowest BCUT2D eigenvalue weighted by Gasteiger charge is -2.14. The lowest BCUT2D eigenvalue weighted by Crippen LogP contribution is -2.27. The highest BCUT2D eigenvalue weighted by Gasteiger charge is 2.33. The molecule has 0 spiro atoms. The van der Waals surface area contributed by atoms with E-state index in [1.165, 1.54) is 28.0 Å². The number of thiocarbonyl (C=S) groups is 1. The van der Waals surface area contributed by atoms with E-state index in [0.717, 1.165) is 5.56 Å². The number of halogens is 1. The van der Waals surface area contributed by atoms with Crippen LogP contribution in [-0.4, -0.2) is 16.2 Å². The van der Waals surface area contributed by atoms with Gasteiger partial charge in [-0.3, -0.25) is 9.69 Å². The second kappa shape index (κ2) is 8.51. The molecule has 1 aromatic heterocycles. The summed E-state index contributed by atoms with van der Waals surface area (Å²) < 4.78 is 5.81. The van der Waals surface area contributed by atoms with Crippen LogP contribution >= 0.6 is 46.9 Å². The zero-order valence-corrected chi connectivity index (χ0v) is 17.9. The molecule has 0 radical (unpaired) electrons. The van der Waals surface area contributed by atoms with Crippen LogP contribution in [0.15, 0.2) is 70.9 Å². The smallest absolute Gasteiger partial charge is 0.353 e. The second-order valence-electron chi connectivity index (χ2n) is 5.93. The summed E-state index contributed by atoms with van der Waals surface area (Å²) in [6.45, 7) is 0. The number of amides is 1. The fourth-order valence-corrected chi connectivity index (χ4v) is 4.64. The van der Waals surface area contributed by atoms with Crippen molar-refractivity contribution < 1.29 is 14.3 Å². The number of anilines is 1. The molecular formula is C21H12ClNO3S3. The summed E-state index contributed by atoms with van der Waals surface area (Å²) in [4.78, 5) is 27.4. The number of esters is 1. The van der Waals surface area contributed by atoms with E-state index in [1.807, 2.05) is 5.38 Å². The molecule has 29 heavy (non-hydrogen) atoms. The number of hydrogen-bond acceptors (Lipinski definition) is 6. The number of carbonyl (C=O) groups is 2. The van der Waals surface area contributed by atoms with Gasteiger partial charge in [0.15, 0.2) is 4.32 Å². The molecule has 1 aliphatic heterocycles. The quantitative estimate of drug-likeness (QED) is 0.207. The molecule has 0 bridgehead atoms. The number of hydrogen-bond donors (Lipinski definition) is 0. The Balaban J connectivity index is 1.49. The van der Waals surface area contributed by atoms with Crippen LogP contribution < -0.4 is 9.64 Å². The van der Waals surface area contributed by atoms with Gasteiger partial charge in [0.25, 0.3) is 5.91 Å². The molecule has 0 atom stereocenters. The molecular weight excluding hydrogens is 446 g/mol. The van der Waals surface area contributed by atoms with Crippen molar-refractivity contribution in [1.82, 2.24) is 0 Å². The van der Waals surface area contributed by atoms with Gasteiger partial charge in [0.1, 0.15) is 10.6 Å². The lowest BCUT2D eigenvalue weighted by atomic mass is 10.2. The van der Waals surface area contributed by atoms with Crippen molar-refractivity contribution in [2.24, 2.45) is 0 Å². The zero-order valence-electron chi connectivity index (χ0n) is 14.7. The minimum absolute atomic E-state index is 0.185. The number of benzene rings is 2. The van der Waals surface area contributed by atoms with Gasteiger partial charge in [-0.1, -0.05) is 53.8 Å². The normalized spacial score (nSPS) is 15.2. The average Bonchev–Trinajstić information content (AvgIpc) is 3.34. The third kappa shape index (κ3) is 4.43. The minimum Gasteiger partial charge on any atom is -0.422 e. The molecule has 1 aliphatic rings. The maximum Gasteiger partial charge on any atom is 0.353 e. The summed E-state index contributed by atoms with van der Waals surface area (Å²) >= 11 is 13.9. The number of nitrogens with zero attached hydrogens (tertiary/aromatic N) is 1. The standard InChI is InChI=1S/C21H12ClNO3S3/c22-14-5-7-15(8-6-14)23-19(24)18(29-21(23)27)12-13-3-9-16(10-4-13)26-20(25)17-2-1-11-28-17/h1-12H. The summed E-state index contributed by atoms with van der Waals surface area (Å²) in [6, 6.07) is 17.4.